The van der Waals surface area contributed by atoms with Crippen molar-refractivity contribution in [1.82, 2.24) is 14.6 Å². The molecule has 0 saturated heterocycles. The maximum Gasteiger partial charge on any atom is 0.214 e. The Labute approximate surface area is 121 Å². The molecule has 0 aliphatic rings. The predicted octanol–water partition coefficient (Wildman–Crippen LogP) is 3.45. The van der Waals surface area contributed by atoms with Crippen LogP contribution in [-0.2, 0) is 12.8 Å². The summed E-state index contributed by atoms with van der Waals surface area (Å²) in [6.07, 6.45) is 1.87. The number of nitriles is 1. The van der Waals surface area contributed by atoms with Crippen molar-refractivity contribution in [2.45, 2.75) is 26.7 Å². The molecule has 0 aliphatic heterocycles. The maximum absolute atomic E-state index is 9.40. The van der Waals surface area contributed by atoms with Crippen molar-refractivity contribution in [2.24, 2.45) is 0 Å². The van der Waals surface area contributed by atoms with Crippen molar-refractivity contribution in [2.75, 3.05) is 0 Å². The molecule has 0 spiro atoms. The van der Waals surface area contributed by atoms with Crippen LogP contribution in [0.25, 0.3) is 16.2 Å². The lowest BCUT2D eigenvalue weighted by Crippen LogP contribution is -1.92. The van der Waals surface area contributed by atoms with Crippen molar-refractivity contribution in [3.63, 3.8) is 0 Å². The molecular formula is C15H14N4S. The number of aromatic nitrogens is 3. The molecule has 20 heavy (non-hydrogen) atoms. The summed E-state index contributed by atoms with van der Waals surface area (Å²) in [5.41, 5.74) is 3.48. The molecule has 0 bridgehead atoms. The number of rotatable bonds is 3. The fourth-order valence-electron chi connectivity index (χ4n) is 2.13. The van der Waals surface area contributed by atoms with Gasteiger partial charge in [0.25, 0.3) is 0 Å². The minimum absolute atomic E-state index is 0.514. The van der Waals surface area contributed by atoms with Gasteiger partial charge in [-0.05, 0) is 18.4 Å². The van der Waals surface area contributed by atoms with E-state index in [1.807, 2.05) is 12.1 Å². The molecular weight excluding hydrogens is 268 g/mol. The van der Waals surface area contributed by atoms with Crippen LogP contribution < -0.4 is 0 Å². The van der Waals surface area contributed by atoms with Gasteiger partial charge in [0.15, 0.2) is 5.69 Å². The van der Waals surface area contributed by atoms with Crippen LogP contribution in [0.1, 0.15) is 30.1 Å². The summed E-state index contributed by atoms with van der Waals surface area (Å²) in [6.45, 7) is 4.17. The first kappa shape index (κ1) is 12.8. The van der Waals surface area contributed by atoms with Crippen LogP contribution >= 0.6 is 11.3 Å². The highest BCUT2D eigenvalue weighted by atomic mass is 32.1. The molecule has 2 heterocycles. The largest absolute Gasteiger partial charge is 0.216 e. The second kappa shape index (κ2) is 5.06. The normalized spacial score (nSPS) is 10.8. The van der Waals surface area contributed by atoms with E-state index in [2.05, 4.69) is 42.1 Å². The molecule has 0 amide bonds. The Kier molecular flexibility index (Phi) is 3.25. The van der Waals surface area contributed by atoms with E-state index in [0.29, 0.717) is 5.69 Å². The van der Waals surface area contributed by atoms with Crippen LogP contribution in [0.15, 0.2) is 24.3 Å². The summed E-state index contributed by atoms with van der Waals surface area (Å²) in [5.74, 6) is 0. The SMILES string of the molecule is CCc1ccc(-c2nc3sc(CC)nn3c2C#N)cc1. The van der Waals surface area contributed by atoms with Gasteiger partial charge in [-0.2, -0.15) is 14.9 Å². The van der Waals surface area contributed by atoms with Gasteiger partial charge in [-0.1, -0.05) is 49.4 Å². The van der Waals surface area contributed by atoms with Gasteiger partial charge >= 0.3 is 0 Å². The van der Waals surface area contributed by atoms with Crippen molar-refractivity contribution in [1.29, 1.82) is 5.26 Å². The summed E-state index contributed by atoms with van der Waals surface area (Å²) >= 11 is 1.54. The van der Waals surface area contributed by atoms with E-state index in [4.69, 9.17) is 0 Å². The number of nitrogens with zero attached hydrogens (tertiary/aromatic N) is 4. The molecule has 100 valence electrons. The molecule has 3 rings (SSSR count). The Morgan fingerprint density at radius 2 is 1.95 bits per heavy atom. The number of benzene rings is 1. The van der Waals surface area contributed by atoms with Crippen LogP contribution in [0, 0.1) is 11.3 Å². The second-order valence-electron chi connectivity index (χ2n) is 4.52. The standard InChI is InChI=1S/C15H14N4S/c1-3-10-5-7-11(8-6-10)14-12(9-16)19-15(17-14)20-13(4-2)18-19/h5-8H,3-4H2,1-2H3. The first-order valence-electron chi connectivity index (χ1n) is 6.64. The summed E-state index contributed by atoms with van der Waals surface area (Å²) in [7, 11) is 0. The number of hydrogen-bond donors (Lipinski definition) is 0. The summed E-state index contributed by atoms with van der Waals surface area (Å²) < 4.78 is 1.66. The minimum Gasteiger partial charge on any atom is -0.216 e. The molecule has 0 unspecified atom stereocenters. The van der Waals surface area contributed by atoms with Crippen LogP contribution in [0.5, 0.6) is 0 Å². The molecule has 0 fully saturated rings. The predicted molar refractivity (Wildman–Crippen MR) is 79.8 cm³/mol. The summed E-state index contributed by atoms with van der Waals surface area (Å²) in [5, 5.41) is 14.8. The molecule has 5 heteroatoms. The van der Waals surface area contributed by atoms with E-state index in [1.54, 1.807) is 4.52 Å². The molecule has 1 aromatic carbocycles. The lowest BCUT2D eigenvalue weighted by Gasteiger charge is -2.00. The number of hydrogen-bond acceptors (Lipinski definition) is 4. The smallest absolute Gasteiger partial charge is 0.214 e. The first-order valence-corrected chi connectivity index (χ1v) is 7.46. The lowest BCUT2D eigenvalue weighted by atomic mass is 10.1. The van der Waals surface area contributed by atoms with Gasteiger partial charge in [0.1, 0.15) is 16.8 Å². The van der Waals surface area contributed by atoms with Gasteiger partial charge in [0.05, 0.1) is 0 Å². The maximum atomic E-state index is 9.40. The number of fused-ring (bicyclic) bond motifs is 1. The molecule has 0 saturated carbocycles. The van der Waals surface area contributed by atoms with Gasteiger partial charge < -0.3 is 0 Å². The van der Waals surface area contributed by atoms with Gasteiger partial charge in [0.2, 0.25) is 4.96 Å². The van der Waals surface area contributed by atoms with Crippen molar-refractivity contribution in [3.05, 3.63) is 40.5 Å². The van der Waals surface area contributed by atoms with Crippen LogP contribution in [0.4, 0.5) is 0 Å². The van der Waals surface area contributed by atoms with Gasteiger partial charge in [-0.25, -0.2) is 4.98 Å². The van der Waals surface area contributed by atoms with E-state index in [1.165, 1.54) is 16.9 Å². The molecule has 4 nitrogen and oxygen atoms in total. The third-order valence-corrected chi connectivity index (χ3v) is 4.34. The van der Waals surface area contributed by atoms with Crippen LogP contribution in [0.3, 0.4) is 0 Å². The van der Waals surface area contributed by atoms with Gasteiger partial charge in [0, 0.05) is 5.56 Å². The Hall–Kier alpha value is -2.19. The molecule has 0 atom stereocenters. The Morgan fingerprint density at radius 1 is 1.20 bits per heavy atom. The Morgan fingerprint density at radius 3 is 2.55 bits per heavy atom. The Bertz CT molecular complexity index is 790. The zero-order valence-corrected chi connectivity index (χ0v) is 12.2. The van der Waals surface area contributed by atoms with E-state index in [9.17, 15) is 5.26 Å². The monoisotopic (exact) mass is 282 g/mol. The van der Waals surface area contributed by atoms with Crippen LogP contribution in [-0.4, -0.2) is 14.6 Å². The molecule has 3 aromatic rings. The van der Waals surface area contributed by atoms with Crippen LogP contribution in [0.2, 0.25) is 0 Å². The fraction of sp³-hybridized carbons (Fsp3) is 0.267. The topological polar surface area (TPSA) is 54.0 Å². The second-order valence-corrected chi connectivity index (χ2v) is 5.56. The third-order valence-electron chi connectivity index (χ3n) is 3.29. The molecule has 0 N–H and O–H groups in total. The molecule has 2 aromatic heterocycles. The highest BCUT2D eigenvalue weighted by molar-refractivity contribution is 7.16. The average Bonchev–Trinajstić information content (AvgIpc) is 3.04. The van der Waals surface area contributed by atoms with E-state index < -0.39 is 0 Å². The van der Waals surface area contributed by atoms with Crippen molar-refractivity contribution < 1.29 is 0 Å². The number of imidazole rings is 1. The lowest BCUT2D eigenvalue weighted by molar-refractivity contribution is 0.899. The van der Waals surface area contributed by atoms with E-state index in [0.717, 1.165) is 34.1 Å². The fourth-order valence-corrected chi connectivity index (χ4v) is 2.96. The summed E-state index contributed by atoms with van der Waals surface area (Å²) in [4.78, 5) is 5.36. The van der Waals surface area contributed by atoms with Crippen molar-refractivity contribution in [3.8, 4) is 17.3 Å². The Balaban J connectivity index is 2.15. The number of aryl methyl sites for hydroxylation is 2. The van der Waals surface area contributed by atoms with Crippen molar-refractivity contribution >= 4 is 16.3 Å². The molecule has 0 aliphatic carbocycles. The highest BCUT2D eigenvalue weighted by Crippen LogP contribution is 2.27. The summed E-state index contributed by atoms with van der Waals surface area (Å²) in [6, 6.07) is 10.4. The zero-order valence-electron chi connectivity index (χ0n) is 11.4. The average molecular weight is 282 g/mol. The van der Waals surface area contributed by atoms with Gasteiger partial charge in [-0.3, -0.25) is 0 Å². The molecule has 0 radical (unpaired) electrons. The zero-order chi connectivity index (χ0) is 14.1. The first-order chi connectivity index (χ1) is 9.76. The van der Waals surface area contributed by atoms with E-state index in [-0.39, 0.29) is 0 Å². The quantitative estimate of drug-likeness (QED) is 0.739. The highest BCUT2D eigenvalue weighted by Gasteiger charge is 2.17. The van der Waals surface area contributed by atoms with Gasteiger partial charge in [-0.15, -0.1) is 0 Å². The van der Waals surface area contributed by atoms with E-state index >= 15 is 0 Å². The minimum atomic E-state index is 0.514. The third kappa shape index (κ3) is 1.98.